The number of piperidine rings is 1. The molecule has 0 spiro atoms. The SMILES string of the molecule is CC(C)[C@@H](NC(=O)[C@@H]1CCC(=O)NC1)c1cccc(C(F)(F)F)c1. The van der Waals surface area contributed by atoms with Crippen molar-refractivity contribution in [3.63, 3.8) is 0 Å². The van der Waals surface area contributed by atoms with Crippen LogP contribution in [0.25, 0.3) is 0 Å². The minimum Gasteiger partial charge on any atom is -0.355 e. The summed E-state index contributed by atoms with van der Waals surface area (Å²) in [5.41, 5.74) is -0.308. The Bertz CT molecular complexity index is 604. The van der Waals surface area contributed by atoms with Gasteiger partial charge in [0.2, 0.25) is 11.8 Å². The van der Waals surface area contributed by atoms with Crippen molar-refractivity contribution < 1.29 is 22.8 Å². The summed E-state index contributed by atoms with van der Waals surface area (Å²) in [6.07, 6.45) is -3.69. The molecule has 2 N–H and O–H groups in total. The van der Waals surface area contributed by atoms with Crippen LogP contribution in [0.1, 0.15) is 43.9 Å². The number of hydrogen-bond donors (Lipinski definition) is 2. The van der Waals surface area contributed by atoms with Gasteiger partial charge in [0.05, 0.1) is 17.5 Å². The molecule has 1 aliphatic rings. The maximum absolute atomic E-state index is 12.9. The van der Waals surface area contributed by atoms with Gasteiger partial charge in [0.15, 0.2) is 0 Å². The summed E-state index contributed by atoms with van der Waals surface area (Å²) < 4.78 is 38.7. The molecule has 2 atom stereocenters. The molecule has 0 bridgehead atoms. The highest BCUT2D eigenvalue weighted by Gasteiger charge is 2.32. The van der Waals surface area contributed by atoms with Crippen LogP contribution in [0.4, 0.5) is 13.2 Å². The number of hydrogen-bond acceptors (Lipinski definition) is 2. The van der Waals surface area contributed by atoms with E-state index in [4.69, 9.17) is 0 Å². The molecule has 1 aromatic carbocycles. The molecule has 24 heavy (non-hydrogen) atoms. The number of carbonyl (C=O) groups is 2. The quantitative estimate of drug-likeness (QED) is 0.884. The van der Waals surface area contributed by atoms with Crippen LogP contribution in [0.15, 0.2) is 24.3 Å². The predicted octanol–water partition coefficient (Wildman–Crippen LogP) is 3.04. The highest BCUT2D eigenvalue weighted by molar-refractivity contribution is 5.84. The molecule has 0 unspecified atom stereocenters. The van der Waals surface area contributed by atoms with E-state index in [9.17, 15) is 22.8 Å². The summed E-state index contributed by atoms with van der Waals surface area (Å²) in [7, 11) is 0. The average Bonchev–Trinajstić information content (AvgIpc) is 2.52. The molecule has 7 heteroatoms. The molecule has 0 aliphatic carbocycles. The number of rotatable bonds is 4. The third-order valence-electron chi connectivity index (χ3n) is 4.17. The lowest BCUT2D eigenvalue weighted by molar-refractivity contribution is -0.137. The Kier molecular flexibility index (Phi) is 5.51. The second-order valence-corrected chi connectivity index (χ2v) is 6.39. The van der Waals surface area contributed by atoms with Crippen molar-refractivity contribution in [2.75, 3.05) is 6.54 Å². The monoisotopic (exact) mass is 342 g/mol. The van der Waals surface area contributed by atoms with E-state index in [1.165, 1.54) is 6.07 Å². The van der Waals surface area contributed by atoms with Gasteiger partial charge in [-0.15, -0.1) is 0 Å². The van der Waals surface area contributed by atoms with Gasteiger partial charge in [-0.25, -0.2) is 0 Å². The number of alkyl halides is 3. The number of halogens is 3. The van der Waals surface area contributed by atoms with Crippen LogP contribution in [0.2, 0.25) is 0 Å². The lowest BCUT2D eigenvalue weighted by Gasteiger charge is -2.28. The van der Waals surface area contributed by atoms with Crippen LogP contribution in [0.3, 0.4) is 0 Å². The van der Waals surface area contributed by atoms with Crippen LogP contribution >= 0.6 is 0 Å². The van der Waals surface area contributed by atoms with Crippen LogP contribution in [-0.4, -0.2) is 18.4 Å². The molecule has 1 saturated heterocycles. The molecule has 2 amide bonds. The van der Waals surface area contributed by atoms with E-state index in [0.717, 1.165) is 12.1 Å². The largest absolute Gasteiger partial charge is 0.416 e. The van der Waals surface area contributed by atoms with Crippen molar-refractivity contribution >= 4 is 11.8 Å². The fourth-order valence-electron chi connectivity index (χ4n) is 2.77. The highest BCUT2D eigenvalue weighted by atomic mass is 19.4. The second kappa shape index (κ2) is 7.23. The summed E-state index contributed by atoms with van der Waals surface area (Å²) in [6, 6.07) is 4.51. The zero-order valence-corrected chi connectivity index (χ0v) is 13.6. The lowest BCUT2D eigenvalue weighted by atomic mass is 9.92. The lowest BCUT2D eigenvalue weighted by Crippen LogP contribution is -2.44. The summed E-state index contributed by atoms with van der Waals surface area (Å²) in [5.74, 6) is -0.756. The van der Waals surface area contributed by atoms with Gasteiger partial charge in [-0.1, -0.05) is 26.0 Å². The van der Waals surface area contributed by atoms with Crippen LogP contribution in [-0.2, 0) is 15.8 Å². The van der Waals surface area contributed by atoms with Gasteiger partial charge in [-0.05, 0) is 30.0 Å². The number of carbonyl (C=O) groups excluding carboxylic acids is 2. The van der Waals surface area contributed by atoms with Gasteiger partial charge in [-0.2, -0.15) is 13.2 Å². The topological polar surface area (TPSA) is 58.2 Å². The Morgan fingerprint density at radius 1 is 1.33 bits per heavy atom. The van der Waals surface area contributed by atoms with Gasteiger partial charge < -0.3 is 10.6 Å². The molecule has 0 saturated carbocycles. The third kappa shape index (κ3) is 4.49. The molecule has 0 aromatic heterocycles. The minimum atomic E-state index is -4.42. The molecule has 0 radical (unpaired) electrons. The fraction of sp³-hybridized carbons (Fsp3) is 0.529. The normalized spacial score (nSPS) is 19.8. The second-order valence-electron chi connectivity index (χ2n) is 6.39. The molecule has 132 valence electrons. The maximum atomic E-state index is 12.9. The van der Waals surface area contributed by atoms with Gasteiger partial charge in [-0.3, -0.25) is 9.59 Å². The molecular formula is C17H21F3N2O2. The Morgan fingerprint density at radius 2 is 2.04 bits per heavy atom. The molecule has 1 aromatic rings. The van der Waals surface area contributed by atoms with E-state index in [2.05, 4.69) is 10.6 Å². The van der Waals surface area contributed by atoms with Crippen LogP contribution in [0, 0.1) is 11.8 Å². The van der Waals surface area contributed by atoms with E-state index < -0.39 is 17.8 Å². The zero-order valence-electron chi connectivity index (χ0n) is 13.6. The van der Waals surface area contributed by atoms with Crippen molar-refractivity contribution in [3.8, 4) is 0 Å². The van der Waals surface area contributed by atoms with Gasteiger partial charge in [0, 0.05) is 13.0 Å². The van der Waals surface area contributed by atoms with Gasteiger partial charge in [0.25, 0.3) is 0 Å². The van der Waals surface area contributed by atoms with Crippen molar-refractivity contribution in [1.29, 1.82) is 0 Å². The number of benzene rings is 1. The Balaban J connectivity index is 2.15. The van der Waals surface area contributed by atoms with Crippen LogP contribution < -0.4 is 10.6 Å². The predicted molar refractivity (Wildman–Crippen MR) is 82.9 cm³/mol. The van der Waals surface area contributed by atoms with E-state index in [1.807, 2.05) is 13.8 Å². The number of nitrogens with one attached hydrogen (secondary N) is 2. The smallest absolute Gasteiger partial charge is 0.355 e. The Hall–Kier alpha value is -2.05. The van der Waals surface area contributed by atoms with Crippen molar-refractivity contribution in [2.45, 2.75) is 38.9 Å². The fourth-order valence-corrected chi connectivity index (χ4v) is 2.77. The van der Waals surface area contributed by atoms with Crippen LogP contribution in [0.5, 0.6) is 0 Å². The van der Waals surface area contributed by atoms with E-state index >= 15 is 0 Å². The van der Waals surface area contributed by atoms with Crippen molar-refractivity contribution in [2.24, 2.45) is 11.8 Å². The van der Waals surface area contributed by atoms with E-state index in [0.29, 0.717) is 12.0 Å². The standard InChI is InChI=1S/C17H21F3N2O2/c1-10(2)15(11-4-3-5-13(8-11)17(18,19)20)22-16(24)12-6-7-14(23)21-9-12/h3-5,8,10,12,15H,6-7,9H2,1-2H3,(H,21,23)(H,22,24)/t12-,15-/m1/s1. The first-order valence-electron chi connectivity index (χ1n) is 7.92. The summed E-state index contributed by atoms with van der Waals surface area (Å²) in [4.78, 5) is 23.6. The summed E-state index contributed by atoms with van der Waals surface area (Å²) in [5, 5.41) is 5.47. The highest BCUT2D eigenvalue weighted by Crippen LogP contribution is 2.32. The summed E-state index contributed by atoms with van der Waals surface area (Å²) >= 11 is 0. The molecular weight excluding hydrogens is 321 g/mol. The molecule has 1 fully saturated rings. The van der Waals surface area contributed by atoms with Crippen molar-refractivity contribution in [3.05, 3.63) is 35.4 Å². The van der Waals surface area contributed by atoms with E-state index in [1.54, 1.807) is 6.07 Å². The first-order valence-corrected chi connectivity index (χ1v) is 7.92. The van der Waals surface area contributed by atoms with Crippen molar-refractivity contribution in [1.82, 2.24) is 10.6 Å². The molecule has 1 aliphatic heterocycles. The maximum Gasteiger partial charge on any atom is 0.416 e. The average molecular weight is 342 g/mol. The van der Waals surface area contributed by atoms with E-state index in [-0.39, 0.29) is 36.6 Å². The number of amides is 2. The molecule has 1 heterocycles. The zero-order chi connectivity index (χ0) is 17.9. The molecule has 2 rings (SSSR count). The van der Waals surface area contributed by atoms with Gasteiger partial charge >= 0.3 is 6.18 Å². The molecule has 4 nitrogen and oxygen atoms in total. The Morgan fingerprint density at radius 3 is 2.58 bits per heavy atom. The minimum absolute atomic E-state index is 0.0735. The third-order valence-corrected chi connectivity index (χ3v) is 4.17. The first-order chi connectivity index (χ1) is 11.2. The summed E-state index contributed by atoms with van der Waals surface area (Å²) in [6.45, 7) is 3.94. The Labute approximate surface area is 138 Å². The van der Waals surface area contributed by atoms with Gasteiger partial charge in [0.1, 0.15) is 0 Å². The first kappa shape index (κ1) is 18.3.